The standard InChI is InChI=1S/2C14H14NO/c1-3-9-15-10-5-7-12-6-4-8-13(11(2)16)14(12)15;1-3-8-15-9-4-5-12-6-7-13(11(2)16)10-14(12)15/h3-8,10H,1,9H2,2H3;3-7,9-10H,1,8H2,2H3/q2*+1. The third kappa shape index (κ3) is 5.03. The normalized spacial score (nSPS) is 10.3. The maximum atomic E-state index is 11.6. The van der Waals surface area contributed by atoms with Crippen molar-refractivity contribution in [3.8, 4) is 0 Å². The van der Waals surface area contributed by atoms with Crippen LogP contribution in [0.15, 0.2) is 98.4 Å². The lowest BCUT2D eigenvalue weighted by atomic mass is 10.1. The highest BCUT2D eigenvalue weighted by atomic mass is 16.1. The average molecular weight is 425 g/mol. The van der Waals surface area contributed by atoms with E-state index >= 15 is 0 Å². The van der Waals surface area contributed by atoms with E-state index in [0.29, 0.717) is 6.54 Å². The molecule has 4 nitrogen and oxygen atoms in total. The summed E-state index contributed by atoms with van der Waals surface area (Å²) in [4.78, 5) is 22.9. The number of carbonyl (C=O) groups excluding carboxylic acids is 2. The molecule has 4 rings (SSSR count). The summed E-state index contributed by atoms with van der Waals surface area (Å²) in [6.45, 7) is 12.1. The zero-order valence-electron chi connectivity index (χ0n) is 18.6. The van der Waals surface area contributed by atoms with Gasteiger partial charge in [0.1, 0.15) is 0 Å². The lowest BCUT2D eigenvalue weighted by molar-refractivity contribution is -0.661. The Morgan fingerprint density at radius 2 is 1.41 bits per heavy atom. The topological polar surface area (TPSA) is 41.9 Å². The average Bonchev–Trinajstić information content (AvgIpc) is 2.79. The lowest BCUT2D eigenvalue weighted by Crippen LogP contribution is -2.34. The lowest BCUT2D eigenvalue weighted by Gasteiger charge is -2.02. The Labute approximate surface area is 188 Å². The fraction of sp³-hybridized carbons (Fsp3) is 0.143. The summed E-state index contributed by atoms with van der Waals surface area (Å²) < 4.78 is 4.12. The van der Waals surface area contributed by atoms with E-state index in [2.05, 4.69) is 17.7 Å². The SMILES string of the molecule is C=CC[n+]1cccc2ccc(C(C)=O)cc21.C=CC[n+]1cccc2cccc(C(C)=O)c21. The number of allylic oxidation sites excluding steroid dienone is 2. The molecule has 0 aliphatic rings. The van der Waals surface area contributed by atoms with Crippen LogP contribution in [0.3, 0.4) is 0 Å². The largest absolute Gasteiger partial charge is 0.295 e. The number of pyridine rings is 2. The number of hydrogen-bond acceptors (Lipinski definition) is 2. The molecule has 0 atom stereocenters. The Balaban J connectivity index is 0.000000181. The van der Waals surface area contributed by atoms with Crippen LogP contribution in [0.25, 0.3) is 21.8 Å². The molecular formula is C28H28N2O2+2. The molecule has 0 saturated heterocycles. The van der Waals surface area contributed by atoms with E-state index in [1.54, 1.807) is 13.8 Å². The number of carbonyl (C=O) groups is 2. The highest BCUT2D eigenvalue weighted by Gasteiger charge is 2.14. The third-order valence-electron chi connectivity index (χ3n) is 5.22. The minimum Gasteiger partial charge on any atom is -0.295 e. The second-order valence-electron chi connectivity index (χ2n) is 7.53. The van der Waals surface area contributed by atoms with E-state index in [1.165, 1.54) is 0 Å². The number of fused-ring (bicyclic) bond motifs is 2. The number of nitrogens with zero attached hydrogens (tertiary/aromatic N) is 2. The molecule has 0 saturated carbocycles. The minimum absolute atomic E-state index is 0.0922. The molecule has 0 N–H and O–H groups in total. The van der Waals surface area contributed by atoms with Gasteiger partial charge in [-0.1, -0.05) is 25.3 Å². The van der Waals surface area contributed by atoms with Gasteiger partial charge in [0.25, 0.3) is 0 Å². The molecule has 4 aromatic rings. The summed E-state index contributed by atoms with van der Waals surface area (Å²) in [6, 6.07) is 19.6. The van der Waals surface area contributed by atoms with Gasteiger partial charge in [0.15, 0.2) is 37.0 Å². The van der Waals surface area contributed by atoms with Gasteiger partial charge in [0, 0.05) is 34.5 Å². The van der Waals surface area contributed by atoms with Crippen LogP contribution in [-0.4, -0.2) is 11.6 Å². The molecule has 2 aromatic carbocycles. The van der Waals surface area contributed by atoms with Gasteiger partial charge in [0.05, 0.1) is 5.56 Å². The van der Waals surface area contributed by atoms with Crippen molar-refractivity contribution < 1.29 is 18.7 Å². The molecule has 32 heavy (non-hydrogen) atoms. The van der Waals surface area contributed by atoms with E-state index < -0.39 is 0 Å². The Hall–Kier alpha value is -3.92. The van der Waals surface area contributed by atoms with Crippen molar-refractivity contribution >= 4 is 33.4 Å². The second kappa shape index (κ2) is 10.4. The van der Waals surface area contributed by atoms with Crippen molar-refractivity contribution in [2.75, 3.05) is 0 Å². The Kier molecular flexibility index (Phi) is 7.40. The molecule has 0 aliphatic heterocycles. The van der Waals surface area contributed by atoms with Gasteiger partial charge in [-0.3, -0.25) is 9.59 Å². The number of aromatic nitrogens is 2. The molecule has 0 aliphatic carbocycles. The molecule has 0 amide bonds. The van der Waals surface area contributed by atoms with E-state index in [-0.39, 0.29) is 11.6 Å². The molecule has 0 unspecified atom stereocenters. The van der Waals surface area contributed by atoms with Crippen molar-refractivity contribution in [1.29, 1.82) is 0 Å². The summed E-state index contributed by atoms with van der Waals surface area (Å²) in [6.07, 6.45) is 7.64. The monoisotopic (exact) mass is 424 g/mol. The number of benzene rings is 2. The quantitative estimate of drug-likeness (QED) is 0.247. The maximum absolute atomic E-state index is 11.6. The molecule has 4 heteroatoms. The zero-order valence-corrected chi connectivity index (χ0v) is 18.6. The second-order valence-corrected chi connectivity index (χ2v) is 7.53. The summed E-state index contributed by atoms with van der Waals surface area (Å²) in [5.74, 6) is 0.186. The predicted octanol–water partition coefficient (Wildman–Crippen LogP) is 5.03. The predicted molar refractivity (Wildman–Crippen MR) is 129 cm³/mol. The van der Waals surface area contributed by atoms with Gasteiger partial charge in [-0.05, 0) is 56.3 Å². The molecule has 2 heterocycles. The highest BCUT2D eigenvalue weighted by Crippen LogP contribution is 2.15. The van der Waals surface area contributed by atoms with Crippen molar-refractivity contribution in [3.63, 3.8) is 0 Å². The Morgan fingerprint density at radius 3 is 2.06 bits per heavy atom. The van der Waals surface area contributed by atoms with Crippen molar-refractivity contribution in [3.05, 3.63) is 109 Å². The Bertz CT molecular complexity index is 1320. The third-order valence-corrected chi connectivity index (χ3v) is 5.22. The summed E-state index contributed by atoms with van der Waals surface area (Å²) in [5.41, 5.74) is 3.56. The molecular weight excluding hydrogens is 396 g/mol. The fourth-order valence-electron chi connectivity index (χ4n) is 3.70. The first-order valence-corrected chi connectivity index (χ1v) is 10.5. The molecule has 0 fully saturated rings. The molecule has 160 valence electrons. The van der Waals surface area contributed by atoms with Crippen LogP contribution in [0.4, 0.5) is 0 Å². The molecule has 0 bridgehead atoms. The van der Waals surface area contributed by atoms with Gasteiger partial charge in [-0.25, -0.2) is 0 Å². The number of hydrogen-bond donors (Lipinski definition) is 0. The summed E-state index contributed by atoms with van der Waals surface area (Å²) >= 11 is 0. The first-order chi connectivity index (χ1) is 15.5. The first-order valence-electron chi connectivity index (χ1n) is 10.5. The van der Waals surface area contributed by atoms with Gasteiger partial charge in [-0.15, -0.1) is 0 Å². The fourth-order valence-corrected chi connectivity index (χ4v) is 3.70. The smallest absolute Gasteiger partial charge is 0.223 e. The van der Waals surface area contributed by atoms with Gasteiger partial charge in [0.2, 0.25) is 11.0 Å². The number of rotatable bonds is 6. The minimum atomic E-state index is 0.0922. The first kappa shape index (κ1) is 22.8. The zero-order chi connectivity index (χ0) is 23.1. The van der Waals surface area contributed by atoms with Crippen LogP contribution < -0.4 is 9.13 Å². The van der Waals surface area contributed by atoms with Crippen LogP contribution in [-0.2, 0) is 13.1 Å². The van der Waals surface area contributed by atoms with E-state index in [0.717, 1.165) is 39.5 Å². The maximum Gasteiger partial charge on any atom is 0.223 e. The molecule has 0 radical (unpaired) electrons. The van der Waals surface area contributed by atoms with E-state index in [4.69, 9.17) is 0 Å². The van der Waals surface area contributed by atoms with E-state index in [1.807, 2.05) is 89.8 Å². The Morgan fingerprint density at radius 1 is 0.781 bits per heavy atom. The van der Waals surface area contributed by atoms with Gasteiger partial charge >= 0.3 is 0 Å². The van der Waals surface area contributed by atoms with Crippen molar-refractivity contribution in [1.82, 2.24) is 0 Å². The molecule has 2 aromatic heterocycles. The summed E-state index contributed by atoms with van der Waals surface area (Å²) in [5, 5.41) is 2.21. The summed E-state index contributed by atoms with van der Waals surface area (Å²) in [7, 11) is 0. The number of Topliss-reactive ketones (excluding diaryl/α,β-unsaturated/α-hetero) is 2. The van der Waals surface area contributed by atoms with Crippen LogP contribution in [0.2, 0.25) is 0 Å². The van der Waals surface area contributed by atoms with Crippen LogP contribution in [0, 0.1) is 0 Å². The van der Waals surface area contributed by atoms with Gasteiger partial charge < -0.3 is 0 Å². The van der Waals surface area contributed by atoms with Crippen molar-refractivity contribution in [2.45, 2.75) is 26.9 Å². The van der Waals surface area contributed by atoms with E-state index in [9.17, 15) is 9.59 Å². The van der Waals surface area contributed by atoms with Crippen LogP contribution in [0.5, 0.6) is 0 Å². The number of para-hydroxylation sites is 1. The molecule has 0 spiro atoms. The van der Waals surface area contributed by atoms with Crippen LogP contribution in [0.1, 0.15) is 34.6 Å². The van der Waals surface area contributed by atoms with Crippen molar-refractivity contribution in [2.24, 2.45) is 0 Å². The van der Waals surface area contributed by atoms with Gasteiger partial charge in [-0.2, -0.15) is 9.13 Å². The highest BCUT2D eigenvalue weighted by molar-refractivity contribution is 6.04. The van der Waals surface area contributed by atoms with Crippen LogP contribution >= 0.6 is 0 Å². The number of ketones is 2.